The number of anilines is 1. The Morgan fingerprint density at radius 1 is 1.05 bits per heavy atom. The molecule has 0 bridgehead atoms. The smallest absolute Gasteiger partial charge is 0.262 e. The first-order chi connectivity index (χ1) is 10.2. The molecule has 0 spiro atoms. The molecule has 118 valence electrons. The van der Waals surface area contributed by atoms with Gasteiger partial charge in [-0.15, -0.1) is 0 Å². The van der Waals surface area contributed by atoms with E-state index in [0.29, 0.717) is 11.1 Å². The molecule has 0 atom stereocenters. The summed E-state index contributed by atoms with van der Waals surface area (Å²) in [6.07, 6.45) is 0. The molecule has 0 heterocycles. The molecule has 3 N–H and O–H groups in total. The standard InChI is InChI=1S/C16H19NO4S/c1-10(2)12-9-15(19)11(3)8-16(12)22(20,21)17-13-6-4-5-7-14(13)18/h4-10,17-19H,1-3H3. The zero-order valence-electron chi connectivity index (χ0n) is 12.7. The summed E-state index contributed by atoms with van der Waals surface area (Å²) < 4.78 is 27.7. The first kappa shape index (κ1) is 16.2. The molecule has 0 aliphatic rings. The van der Waals surface area contributed by atoms with Crippen LogP contribution in [0, 0.1) is 6.92 Å². The van der Waals surface area contributed by atoms with Crippen LogP contribution in [0.2, 0.25) is 0 Å². The van der Waals surface area contributed by atoms with Crippen molar-refractivity contribution >= 4 is 15.7 Å². The van der Waals surface area contributed by atoms with Gasteiger partial charge in [0.25, 0.3) is 10.0 Å². The van der Waals surface area contributed by atoms with Crippen LogP contribution in [0.5, 0.6) is 11.5 Å². The molecule has 2 rings (SSSR count). The Kier molecular flexibility index (Phi) is 4.32. The average Bonchev–Trinajstić information content (AvgIpc) is 2.43. The highest BCUT2D eigenvalue weighted by molar-refractivity contribution is 7.92. The first-order valence-electron chi connectivity index (χ1n) is 6.86. The number of aryl methyl sites for hydroxylation is 1. The minimum absolute atomic E-state index is 0.0604. The number of hydrogen-bond donors (Lipinski definition) is 3. The zero-order chi connectivity index (χ0) is 16.5. The molecule has 5 nitrogen and oxygen atoms in total. The number of para-hydroxylation sites is 2. The van der Waals surface area contributed by atoms with Gasteiger partial charge >= 0.3 is 0 Å². The molecule has 0 saturated carbocycles. The summed E-state index contributed by atoms with van der Waals surface area (Å²) in [5, 5.41) is 19.5. The van der Waals surface area contributed by atoms with E-state index < -0.39 is 10.0 Å². The van der Waals surface area contributed by atoms with Crippen LogP contribution in [0.3, 0.4) is 0 Å². The predicted molar refractivity (Wildman–Crippen MR) is 85.8 cm³/mol. The fraction of sp³-hybridized carbons (Fsp3) is 0.250. The minimum Gasteiger partial charge on any atom is -0.508 e. The van der Waals surface area contributed by atoms with E-state index >= 15 is 0 Å². The molecule has 0 radical (unpaired) electrons. The maximum atomic E-state index is 12.6. The van der Waals surface area contributed by atoms with Gasteiger partial charge in [-0.1, -0.05) is 26.0 Å². The van der Waals surface area contributed by atoms with Crippen LogP contribution < -0.4 is 4.72 Å². The topological polar surface area (TPSA) is 86.6 Å². The van der Waals surface area contributed by atoms with Gasteiger partial charge in [-0.25, -0.2) is 8.42 Å². The van der Waals surface area contributed by atoms with E-state index in [1.54, 1.807) is 19.1 Å². The number of sulfonamides is 1. The maximum Gasteiger partial charge on any atom is 0.262 e. The lowest BCUT2D eigenvalue weighted by molar-refractivity contribution is 0.468. The van der Waals surface area contributed by atoms with Gasteiger partial charge in [-0.05, 0) is 48.2 Å². The largest absolute Gasteiger partial charge is 0.508 e. The quantitative estimate of drug-likeness (QED) is 0.754. The Bertz CT molecular complexity index is 798. The summed E-state index contributed by atoms with van der Waals surface area (Å²) in [5.41, 5.74) is 1.11. The van der Waals surface area contributed by atoms with Crippen LogP contribution in [-0.4, -0.2) is 18.6 Å². The molecule has 22 heavy (non-hydrogen) atoms. The minimum atomic E-state index is -3.87. The predicted octanol–water partition coefficient (Wildman–Crippen LogP) is 3.33. The molecule has 0 saturated heterocycles. The van der Waals surface area contributed by atoms with Crippen molar-refractivity contribution in [1.29, 1.82) is 0 Å². The van der Waals surface area contributed by atoms with Crippen molar-refractivity contribution in [1.82, 2.24) is 0 Å². The second kappa shape index (κ2) is 5.88. The third kappa shape index (κ3) is 3.17. The Labute approximate surface area is 130 Å². The second-order valence-corrected chi connectivity index (χ2v) is 7.10. The Balaban J connectivity index is 2.54. The number of benzene rings is 2. The summed E-state index contributed by atoms with van der Waals surface area (Å²) in [5.74, 6) is -0.166. The van der Waals surface area contributed by atoms with Gasteiger partial charge in [0.1, 0.15) is 11.5 Å². The molecule has 2 aromatic rings. The van der Waals surface area contributed by atoms with Crippen LogP contribution >= 0.6 is 0 Å². The molecule has 0 unspecified atom stereocenters. The Hall–Kier alpha value is -2.21. The van der Waals surface area contributed by atoms with E-state index in [1.807, 2.05) is 13.8 Å². The molecular formula is C16H19NO4S. The van der Waals surface area contributed by atoms with Gasteiger partial charge in [0.05, 0.1) is 10.6 Å². The molecule has 0 aliphatic carbocycles. The van der Waals surface area contributed by atoms with Crippen molar-refractivity contribution in [3.8, 4) is 11.5 Å². The lowest BCUT2D eigenvalue weighted by Crippen LogP contribution is -2.16. The van der Waals surface area contributed by atoms with Crippen molar-refractivity contribution in [3.63, 3.8) is 0 Å². The first-order valence-corrected chi connectivity index (χ1v) is 8.35. The van der Waals surface area contributed by atoms with E-state index in [-0.39, 0.29) is 28.0 Å². The molecular weight excluding hydrogens is 302 g/mol. The monoisotopic (exact) mass is 321 g/mol. The van der Waals surface area contributed by atoms with Gasteiger partial charge in [-0.3, -0.25) is 4.72 Å². The summed E-state index contributed by atoms with van der Waals surface area (Å²) in [6, 6.07) is 9.03. The van der Waals surface area contributed by atoms with Crippen LogP contribution in [0.1, 0.15) is 30.9 Å². The number of nitrogens with one attached hydrogen (secondary N) is 1. The highest BCUT2D eigenvalue weighted by Gasteiger charge is 2.22. The Morgan fingerprint density at radius 2 is 1.68 bits per heavy atom. The number of aromatic hydroxyl groups is 2. The highest BCUT2D eigenvalue weighted by Crippen LogP contribution is 2.32. The summed E-state index contributed by atoms with van der Waals surface area (Å²) in [4.78, 5) is 0.0982. The summed E-state index contributed by atoms with van der Waals surface area (Å²) in [6.45, 7) is 5.34. The van der Waals surface area contributed by atoms with Gasteiger partial charge < -0.3 is 10.2 Å². The van der Waals surface area contributed by atoms with Crippen LogP contribution in [-0.2, 0) is 10.0 Å². The van der Waals surface area contributed by atoms with E-state index in [2.05, 4.69) is 4.72 Å². The number of hydrogen-bond acceptors (Lipinski definition) is 4. The van der Waals surface area contributed by atoms with Gasteiger partial charge in [0.2, 0.25) is 0 Å². The van der Waals surface area contributed by atoms with Crippen molar-refractivity contribution in [2.45, 2.75) is 31.6 Å². The van der Waals surface area contributed by atoms with E-state index in [9.17, 15) is 18.6 Å². The lowest BCUT2D eigenvalue weighted by Gasteiger charge is -2.16. The van der Waals surface area contributed by atoms with Crippen molar-refractivity contribution in [2.75, 3.05) is 4.72 Å². The molecule has 0 amide bonds. The van der Waals surface area contributed by atoms with Crippen LogP contribution in [0.4, 0.5) is 5.69 Å². The second-order valence-electron chi connectivity index (χ2n) is 5.45. The van der Waals surface area contributed by atoms with E-state index in [0.717, 1.165) is 0 Å². The summed E-state index contributed by atoms with van der Waals surface area (Å²) in [7, 11) is -3.87. The highest BCUT2D eigenvalue weighted by atomic mass is 32.2. The van der Waals surface area contributed by atoms with Gasteiger partial charge in [0, 0.05) is 0 Å². The normalized spacial score (nSPS) is 11.6. The molecule has 0 fully saturated rings. The maximum absolute atomic E-state index is 12.6. The fourth-order valence-electron chi connectivity index (χ4n) is 2.13. The van der Waals surface area contributed by atoms with Crippen LogP contribution in [0.25, 0.3) is 0 Å². The van der Waals surface area contributed by atoms with E-state index in [1.165, 1.54) is 24.3 Å². The van der Waals surface area contributed by atoms with Gasteiger partial charge in [-0.2, -0.15) is 0 Å². The van der Waals surface area contributed by atoms with Crippen molar-refractivity contribution < 1.29 is 18.6 Å². The zero-order valence-corrected chi connectivity index (χ0v) is 13.5. The molecule has 2 aromatic carbocycles. The molecule has 6 heteroatoms. The SMILES string of the molecule is Cc1cc(S(=O)(=O)Nc2ccccc2O)c(C(C)C)cc1O. The third-order valence-corrected chi connectivity index (χ3v) is 4.81. The summed E-state index contributed by atoms with van der Waals surface area (Å²) >= 11 is 0. The van der Waals surface area contributed by atoms with Gasteiger partial charge in [0.15, 0.2) is 0 Å². The fourth-order valence-corrected chi connectivity index (χ4v) is 3.64. The number of rotatable bonds is 4. The van der Waals surface area contributed by atoms with E-state index in [4.69, 9.17) is 0 Å². The molecule has 0 aromatic heterocycles. The lowest BCUT2D eigenvalue weighted by atomic mass is 10.0. The van der Waals surface area contributed by atoms with Crippen LogP contribution in [0.15, 0.2) is 41.3 Å². The molecule has 0 aliphatic heterocycles. The average molecular weight is 321 g/mol. The number of phenolic OH excluding ortho intramolecular Hbond substituents is 2. The van der Waals surface area contributed by atoms with Crippen molar-refractivity contribution in [2.24, 2.45) is 0 Å². The van der Waals surface area contributed by atoms with Crippen molar-refractivity contribution in [3.05, 3.63) is 47.5 Å². The third-order valence-electron chi connectivity index (χ3n) is 3.39. The Morgan fingerprint density at radius 3 is 2.27 bits per heavy atom. The number of phenols is 2.